The summed E-state index contributed by atoms with van der Waals surface area (Å²) in [6.07, 6.45) is 3.57. The Hall–Kier alpha value is -3.93. The standard InChI is InChI=1S/C27H28O6/c1-16(2)6-5-7-18-8-9-19(14-22(18)29)24-23(32-3)15-21(17-10-12-20(28)13-11-17)26(33-4)25(24)27(30)31/h6,8-15,28-29H,5,7H2,1-4H3,(H,30,31). The highest BCUT2D eigenvalue weighted by Crippen LogP contribution is 2.46. The van der Waals surface area contributed by atoms with Gasteiger partial charge in [-0.2, -0.15) is 0 Å². The van der Waals surface area contributed by atoms with Crippen LogP contribution in [0.5, 0.6) is 23.0 Å². The summed E-state index contributed by atoms with van der Waals surface area (Å²) in [5, 5.41) is 30.4. The summed E-state index contributed by atoms with van der Waals surface area (Å²) >= 11 is 0. The summed E-state index contributed by atoms with van der Waals surface area (Å²) < 4.78 is 11.1. The first-order chi connectivity index (χ1) is 15.8. The zero-order chi connectivity index (χ0) is 24.1. The van der Waals surface area contributed by atoms with E-state index in [0.29, 0.717) is 34.4 Å². The molecule has 0 aliphatic heterocycles. The number of hydrogen-bond acceptors (Lipinski definition) is 5. The minimum Gasteiger partial charge on any atom is -0.508 e. The normalized spacial score (nSPS) is 10.5. The summed E-state index contributed by atoms with van der Waals surface area (Å²) in [5.41, 5.74) is 3.91. The van der Waals surface area contributed by atoms with Gasteiger partial charge in [0.25, 0.3) is 0 Å². The lowest BCUT2D eigenvalue weighted by molar-refractivity contribution is 0.0694. The van der Waals surface area contributed by atoms with Crippen molar-refractivity contribution in [2.45, 2.75) is 26.7 Å². The molecule has 0 radical (unpaired) electrons. The quantitative estimate of drug-likeness (QED) is 0.363. The van der Waals surface area contributed by atoms with Crippen LogP contribution in [0, 0.1) is 0 Å². The summed E-state index contributed by atoms with van der Waals surface area (Å²) in [6, 6.07) is 13.2. The molecular weight excluding hydrogens is 420 g/mol. The highest BCUT2D eigenvalue weighted by Gasteiger charge is 2.26. The van der Waals surface area contributed by atoms with E-state index in [2.05, 4.69) is 6.08 Å². The first-order valence-electron chi connectivity index (χ1n) is 10.5. The molecule has 0 aromatic heterocycles. The number of rotatable bonds is 8. The van der Waals surface area contributed by atoms with Crippen molar-refractivity contribution in [3.05, 3.63) is 71.3 Å². The lowest BCUT2D eigenvalue weighted by Crippen LogP contribution is -2.07. The molecule has 0 atom stereocenters. The Kier molecular flexibility index (Phi) is 7.28. The molecular formula is C27H28O6. The number of carboxylic acid groups (broad SMARTS) is 1. The second kappa shape index (κ2) is 10.1. The van der Waals surface area contributed by atoms with Gasteiger partial charge in [-0.3, -0.25) is 0 Å². The van der Waals surface area contributed by atoms with E-state index in [9.17, 15) is 20.1 Å². The van der Waals surface area contributed by atoms with Gasteiger partial charge >= 0.3 is 5.97 Å². The molecule has 0 fully saturated rings. The van der Waals surface area contributed by atoms with Crippen LogP contribution < -0.4 is 9.47 Å². The van der Waals surface area contributed by atoms with E-state index < -0.39 is 5.97 Å². The SMILES string of the molecule is COc1cc(-c2ccc(O)cc2)c(OC)c(C(=O)O)c1-c1ccc(CCC=C(C)C)c(O)c1. The van der Waals surface area contributed by atoms with Gasteiger partial charge in [-0.25, -0.2) is 4.79 Å². The molecule has 3 rings (SSSR count). The Morgan fingerprint density at radius 2 is 1.61 bits per heavy atom. The van der Waals surface area contributed by atoms with Crippen molar-refractivity contribution in [1.82, 2.24) is 0 Å². The first kappa shape index (κ1) is 23.7. The number of ether oxygens (including phenoxy) is 2. The molecule has 6 nitrogen and oxygen atoms in total. The van der Waals surface area contributed by atoms with Crippen LogP contribution in [0.3, 0.4) is 0 Å². The summed E-state index contributed by atoms with van der Waals surface area (Å²) in [6.45, 7) is 4.05. The smallest absolute Gasteiger partial charge is 0.340 e. The number of carbonyl (C=O) groups is 1. The minimum absolute atomic E-state index is 0.0726. The third-order valence-corrected chi connectivity index (χ3v) is 5.40. The number of carboxylic acids is 1. The number of benzene rings is 3. The molecule has 0 heterocycles. The van der Waals surface area contributed by atoms with Gasteiger partial charge in [-0.15, -0.1) is 0 Å². The van der Waals surface area contributed by atoms with Gasteiger partial charge in [0.1, 0.15) is 28.6 Å². The highest BCUT2D eigenvalue weighted by molar-refractivity contribution is 6.04. The third-order valence-electron chi connectivity index (χ3n) is 5.40. The molecule has 0 bridgehead atoms. The Morgan fingerprint density at radius 1 is 0.939 bits per heavy atom. The van der Waals surface area contributed by atoms with Crippen molar-refractivity contribution in [3.8, 4) is 45.3 Å². The second-order valence-electron chi connectivity index (χ2n) is 7.93. The van der Waals surface area contributed by atoms with E-state index in [1.165, 1.54) is 31.9 Å². The maximum atomic E-state index is 12.4. The Balaban J connectivity index is 2.19. The minimum atomic E-state index is -1.19. The van der Waals surface area contributed by atoms with Gasteiger partial charge < -0.3 is 24.8 Å². The number of phenols is 2. The molecule has 3 aromatic rings. The fourth-order valence-corrected chi connectivity index (χ4v) is 3.81. The fourth-order valence-electron chi connectivity index (χ4n) is 3.81. The van der Waals surface area contributed by atoms with Crippen molar-refractivity contribution >= 4 is 5.97 Å². The van der Waals surface area contributed by atoms with Gasteiger partial charge in [-0.05, 0) is 67.6 Å². The average Bonchev–Trinajstić information content (AvgIpc) is 2.78. The van der Waals surface area contributed by atoms with E-state index in [4.69, 9.17) is 9.47 Å². The second-order valence-corrected chi connectivity index (χ2v) is 7.93. The molecule has 0 unspecified atom stereocenters. The molecule has 0 amide bonds. The zero-order valence-electron chi connectivity index (χ0n) is 19.2. The van der Waals surface area contributed by atoms with Gasteiger partial charge in [0.15, 0.2) is 0 Å². The highest BCUT2D eigenvalue weighted by atomic mass is 16.5. The predicted octanol–water partition coefficient (Wildman–Crippen LogP) is 6.05. The fraction of sp³-hybridized carbons (Fsp3) is 0.222. The molecule has 0 aliphatic carbocycles. The average molecular weight is 449 g/mol. The van der Waals surface area contributed by atoms with Gasteiger partial charge in [-0.1, -0.05) is 35.9 Å². The number of aryl methyl sites for hydroxylation is 1. The van der Waals surface area contributed by atoms with Gasteiger partial charge in [0, 0.05) is 11.1 Å². The number of aromatic carboxylic acids is 1. The van der Waals surface area contributed by atoms with Crippen LogP contribution in [0.2, 0.25) is 0 Å². The Labute approximate surface area is 193 Å². The molecule has 3 N–H and O–H groups in total. The van der Waals surface area contributed by atoms with Crippen LogP contribution in [-0.2, 0) is 6.42 Å². The zero-order valence-corrected chi connectivity index (χ0v) is 19.2. The maximum Gasteiger partial charge on any atom is 0.340 e. The van der Waals surface area contributed by atoms with Gasteiger partial charge in [0.2, 0.25) is 0 Å². The molecule has 3 aromatic carbocycles. The van der Waals surface area contributed by atoms with Crippen LogP contribution >= 0.6 is 0 Å². The van der Waals surface area contributed by atoms with Crippen LogP contribution in [0.4, 0.5) is 0 Å². The van der Waals surface area contributed by atoms with E-state index in [-0.39, 0.29) is 22.8 Å². The number of methoxy groups -OCH3 is 2. The monoisotopic (exact) mass is 448 g/mol. The van der Waals surface area contributed by atoms with E-state index in [0.717, 1.165) is 12.0 Å². The molecule has 0 aliphatic rings. The largest absolute Gasteiger partial charge is 0.508 e. The topological polar surface area (TPSA) is 96.2 Å². The van der Waals surface area contributed by atoms with Gasteiger partial charge in [0.05, 0.1) is 14.2 Å². The lowest BCUT2D eigenvalue weighted by Gasteiger charge is -2.19. The molecule has 33 heavy (non-hydrogen) atoms. The van der Waals surface area contributed by atoms with E-state index >= 15 is 0 Å². The molecule has 0 spiro atoms. The first-order valence-corrected chi connectivity index (χ1v) is 10.5. The molecule has 172 valence electrons. The van der Waals surface area contributed by atoms with Crippen molar-refractivity contribution in [1.29, 1.82) is 0 Å². The van der Waals surface area contributed by atoms with E-state index in [1.807, 2.05) is 13.8 Å². The van der Waals surface area contributed by atoms with Crippen LogP contribution in [0.15, 0.2) is 60.2 Å². The molecule has 0 saturated carbocycles. The predicted molar refractivity (Wildman–Crippen MR) is 128 cm³/mol. The summed E-state index contributed by atoms with van der Waals surface area (Å²) in [4.78, 5) is 12.4. The van der Waals surface area contributed by atoms with E-state index in [1.54, 1.807) is 36.4 Å². The molecule has 6 heteroatoms. The number of hydrogen-bond donors (Lipinski definition) is 3. The van der Waals surface area contributed by atoms with Crippen LogP contribution in [0.25, 0.3) is 22.3 Å². The maximum absolute atomic E-state index is 12.4. The summed E-state index contributed by atoms with van der Waals surface area (Å²) in [7, 11) is 2.87. The number of phenolic OH excluding ortho intramolecular Hbond substituents is 2. The lowest BCUT2D eigenvalue weighted by atomic mass is 9.91. The summed E-state index contributed by atoms with van der Waals surface area (Å²) in [5.74, 6) is -0.508. The Bertz CT molecular complexity index is 1190. The van der Waals surface area contributed by atoms with Crippen molar-refractivity contribution < 1.29 is 29.6 Å². The number of aromatic hydroxyl groups is 2. The van der Waals surface area contributed by atoms with Crippen LogP contribution in [-0.4, -0.2) is 35.5 Å². The number of allylic oxidation sites excluding steroid dienone is 2. The van der Waals surface area contributed by atoms with Crippen molar-refractivity contribution in [2.75, 3.05) is 14.2 Å². The third kappa shape index (κ3) is 5.12. The Morgan fingerprint density at radius 3 is 2.15 bits per heavy atom. The van der Waals surface area contributed by atoms with Crippen LogP contribution in [0.1, 0.15) is 36.2 Å². The van der Waals surface area contributed by atoms with Crippen molar-refractivity contribution in [3.63, 3.8) is 0 Å². The molecule has 0 saturated heterocycles. The van der Waals surface area contributed by atoms with Crippen molar-refractivity contribution in [2.24, 2.45) is 0 Å².